The normalized spacial score (nSPS) is 10.1. The highest BCUT2D eigenvalue weighted by Gasteiger charge is 2.09. The zero-order chi connectivity index (χ0) is 13.5. The van der Waals surface area contributed by atoms with E-state index in [9.17, 15) is 4.79 Å². The zero-order valence-electron chi connectivity index (χ0n) is 10.7. The average molecular weight is 253 g/mol. The molecule has 0 radical (unpaired) electrons. The number of nitrogen functional groups attached to an aromatic ring is 1. The molecule has 1 rings (SSSR count). The van der Waals surface area contributed by atoms with Crippen LogP contribution in [0.3, 0.4) is 0 Å². The summed E-state index contributed by atoms with van der Waals surface area (Å²) in [5, 5.41) is 2.89. The molecule has 1 aromatic heterocycles. The predicted molar refractivity (Wildman–Crippen MR) is 70.1 cm³/mol. The Balaban J connectivity index is 2.77. The van der Waals surface area contributed by atoms with Crippen LogP contribution >= 0.6 is 0 Å². The molecule has 0 aliphatic rings. The number of carbonyl (C=O) groups is 1. The van der Waals surface area contributed by atoms with Gasteiger partial charge in [-0.2, -0.15) is 15.0 Å². The van der Waals surface area contributed by atoms with E-state index in [4.69, 9.17) is 11.5 Å². The molecular formula is C10H19N7O. The van der Waals surface area contributed by atoms with E-state index in [0.29, 0.717) is 18.4 Å². The first-order valence-corrected chi connectivity index (χ1v) is 5.85. The van der Waals surface area contributed by atoms with Crippen molar-refractivity contribution in [2.45, 2.75) is 20.3 Å². The van der Waals surface area contributed by atoms with Crippen LogP contribution in [-0.2, 0) is 4.79 Å². The van der Waals surface area contributed by atoms with Crippen molar-refractivity contribution in [1.29, 1.82) is 0 Å². The van der Waals surface area contributed by atoms with Crippen LogP contribution in [0.25, 0.3) is 0 Å². The first-order chi connectivity index (χ1) is 8.56. The van der Waals surface area contributed by atoms with Gasteiger partial charge in [-0.15, -0.1) is 0 Å². The van der Waals surface area contributed by atoms with Gasteiger partial charge in [-0.05, 0) is 13.8 Å². The van der Waals surface area contributed by atoms with Crippen LogP contribution in [0.4, 0.5) is 17.8 Å². The van der Waals surface area contributed by atoms with Gasteiger partial charge < -0.3 is 21.7 Å². The molecule has 1 heterocycles. The lowest BCUT2D eigenvalue weighted by Gasteiger charge is -2.18. The second kappa shape index (κ2) is 6.58. The van der Waals surface area contributed by atoms with Crippen molar-refractivity contribution < 1.29 is 4.79 Å². The number of carbonyl (C=O) groups excluding carboxylic acids is 1. The largest absolute Gasteiger partial charge is 0.370 e. The van der Waals surface area contributed by atoms with E-state index >= 15 is 0 Å². The Bertz CT molecular complexity index is 405. The Morgan fingerprint density at radius 2 is 1.94 bits per heavy atom. The second-order valence-corrected chi connectivity index (χ2v) is 3.63. The first-order valence-electron chi connectivity index (χ1n) is 5.85. The fraction of sp³-hybridized carbons (Fsp3) is 0.600. The van der Waals surface area contributed by atoms with E-state index in [1.54, 1.807) is 0 Å². The standard InChI is InChI=1S/C10H19N7O/c1-3-17(4-2)10-15-8(12)14-9(16-10)13-6-5-7(11)18/h3-6H2,1-2H3,(H2,11,18)(H3,12,13,14,15,16). The lowest BCUT2D eigenvalue weighted by molar-refractivity contribution is -0.117. The summed E-state index contributed by atoms with van der Waals surface area (Å²) in [5.74, 6) is 0.640. The van der Waals surface area contributed by atoms with Gasteiger partial charge in [-0.1, -0.05) is 0 Å². The lowest BCUT2D eigenvalue weighted by Crippen LogP contribution is -2.25. The number of nitrogens with one attached hydrogen (secondary N) is 1. The van der Waals surface area contributed by atoms with Crippen LogP contribution in [-0.4, -0.2) is 40.5 Å². The molecule has 100 valence electrons. The van der Waals surface area contributed by atoms with Crippen molar-refractivity contribution in [3.63, 3.8) is 0 Å². The van der Waals surface area contributed by atoms with E-state index in [1.807, 2.05) is 18.7 Å². The van der Waals surface area contributed by atoms with Gasteiger partial charge in [0.2, 0.25) is 23.8 Å². The Kier molecular flexibility index (Phi) is 5.09. The van der Waals surface area contributed by atoms with Gasteiger partial charge >= 0.3 is 0 Å². The van der Waals surface area contributed by atoms with Crippen molar-refractivity contribution in [3.05, 3.63) is 0 Å². The molecule has 8 heteroatoms. The summed E-state index contributed by atoms with van der Waals surface area (Å²) in [4.78, 5) is 24.8. The Hall–Kier alpha value is -2.12. The predicted octanol–water partition coefficient (Wildman–Crippen LogP) is -0.413. The van der Waals surface area contributed by atoms with E-state index in [-0.39, 0.29) is 18.3 Å². The minimum atomic E-state index is -0.381. The molecule has 0 aliphatic carbocycles. The van der Waals surface area contributed by atoms with Gasteiger partial charge in [0.25, 0.3) is 0 Å². The summed E-state index contributed by atoms with van der Waals surface area (Å²) >= 11 is 0. The summed E-state index contributed by atoms with van der Waals surface area (Å²) in [6, 6.07) is 0. The monoisotopic (exact) mass is 253 g/mol. The van der Waals surface area contributed by atoms with Crippen LogP contribution in [0.1, 0.15) is 20.3 Å². The van der Waals surface area contributed by atoms with Gasteiger partial charge in [0.1, 0.15) is 0 Å². The molecule has 0 spiro atoms. The van der Waals surface area contributed by atoms with Crippen LogP contribution in [0, 0.1) is 0 Å². The molecule has 1 aromatic rings. The van der Waals surface area contributed by atoms with Crippen molar-refractivity contribution in [2.24, 2.45) is 5.73 Å². The summed E-state index contributed by atoms with van der Waals surface area (Å²) < 4.78 is 0. The fourth-order valence-electron chi connectivity index (χ4n) is 1.41. The molecule has 18 heavy (non-hydrogen) atoms. The lowest BCUT2D eigenvalue weighted by atomic mass is 10.4. The number of anilines is 3. The van der Waals surface area contributed by atoms with Gasteiger partial charge in [-0.3, -0.25) is 4.79 Å². The maximum Gasteiger partial charge on any atom is 0.231 e. The third-order valence-electron chi connectivity index (χ3n) is 2.34. The van der Waals surface area contributed by atoms with Crippen molar-refractivity contribution in [2.75, 3.05) is 35.6 Å². The summed E-state index contributed by atoms with van der Waals surface area (Å²) in [7, 11) is 0. The van der Waals surface area contributed by atoms with Crippen molar-refractivity contribution in [3.8, 4) is 0 Å². The minimum absolute atomic E-state index is 0.147. The van der Waals surface area contributed by atoms with Crippen LogP contribution < -0.4 is 21.7 Å². The molecule has 0 saturated carbocycles. The molecule has 0 aromatic carbocycles. The summed E-state index contributed by atoms with van der Waals surface area (Å²) in [6.45, 7) is 5.94. The Labute approximate surface area is 106 Å². The molecule has 1 amide bonds. The summed E-state index contributed by atoms with van der Waals surface area (Å²) in [6.07, 6.45) is 0.214. The maximum atomic E-state index is 10.6. The third kappa shape index (κ3) is 4.04. The summed E-state index contributed by atoms with van der Waals surface area (Å²) in [5.41, 5.74) is 10.7. The highest BCUT2D eigenvalue weighted by Crippen LogP contribution is 2.11. The zero-order valence-corrected chi connectivity index (χ0v) is 10.7. The highest BCUT2D eigenvalue weighted by atomic mass is 16.1. The Morgan fingerprint density at radius 3 is 2.50 bits per heavy atom. The van der Waals surface area contributed by atoms with E-state index in [0.717, 1.165) is 13.1 Å². The van der Waals surface area contributed by atoms with E-state index < -0.39 is 0 Å². The number of nitrogens with zero attached hydrogens (tertiary/aromatic N) is 4. The topological polar surface area (TPSA) is 123 Å². The molecule has 5 N–H and O–H groups in total. The molecule has 0 bridgehead atoms. The number of amides is 1. The van der Waals surface area contributed by atoms with Gasteiger partial charge in [-0.25, -0.2) is 0 Å². The molecule has 0 unspecified atom stereocenters. The molecular weight excluding hydrogens is 234 g/mol. The smallest absolute Gasteiger partial charge is 0.231 e. The van der Waals surface area contributed by atoms with Gasteiger partial charge in [0, 0.05) is 26.1 Å². The number of hydrogen-bond acceptors (Lipinski definition) is 7. The van der Waals surface area contributed by atoms with Crippen LogP contribution in [0.2, 0.25) is 0 Å². The van der Waals surface area contributed by atoms with E-state index in [2.05, 4.69) is 20.3 Å². The number of primary amides is 1. The highest BCUT2D eigenvalue weighted by molar-refractivity contribution is 5.74. The molecule has 0 fully saturated rings. The fourth-order valence-corrected chi connectivity index (χ4v) is 1.41. The molecule has 0 saturated heterocycles. The third-order valence-corrected chi connectivity index (χ3v) is 2.34. The number of rotatable bonds is 7. The minimum Gasteiger partial charge on any atom is -0.370 e. The second-order valence-electron chi connectivity index (χ2n) is 3.63. The van der Waals surface area contributed by atoms with Crippen LogP contribution in [0.15, 0.2) is 0 Å². The van der Waals surface area contributed by atoms with Crippen molar-refractivity contribution in [1.82, 2.24) is 15.0 Å². The first kappa shape index (κ1) is 13.9. The van der Waals surface area contributed by atoms with Crippen LogP contribution in [0.5, 0.6) is 0 Å². The van der Waals surface area contributed by atoms with Crippen molar-refractivity contribution >= 4 is 23.8 Å². The Morgan fingerprint density at radius 1 is 1.28 bits per heavy atom. The number of hydrogen-bond donors (Lipinski definition) is 3. The average Bonchev–Trinajstić information content (AvgIpc) is 2.29. The number of nitrogens with two attached hydrogens (primary N) is 2. The van der Waals surface area contributed by atoms with Gasteiger partial charge in [0.15, 0.2) is 0 Å². The van der Waals surface area contributed by atoms with Gasteiger partial charge in [0.05, 0.1) is 0 Å². The quantitative estimate of drug-likeness (QED) is 0.603. The molecule has 0 aliphatic heterocycles. The molecule has 8 nitrogen and oxygen atoms in total. The SMILES string of the molecule is CCN(CC)c1nc(N)nc(NCCC(N)=O)n1. The maximum absolute atomic E-state index is 10.6. The van der Waals surface area contributed by atoms with E-state index in [1.165, 1.54) is 0 Å². The molecule has 0 atom stereocenters. The number of aromatic nitrogens is 3.